The molecule has 0 unspecified atom stereocenters. The molecule has 166 valence electrons. The summed E-state index contributed by atoms with van der Waals surface area (Å²) in [4.78, 5) is 31.0. The van der Waals surface area contributed by atoms with Gasteiger partial charge in [0, 0.05) is 25.0 Å². The number of para-hydroxylation sites is 1. The first-order valence-corrected chi connectivity index (χ1v) is 10.6. The van der Waals surface area contributed by atoms with Crippen molar-refractivity contribution in [3.05, 3.63) is 104 Å². The standard InChI is InChI=1S/C25H22FN5O2/c1-16-17(2)31-21-22(27-24(31)30(16)20-14-8-7-13-19(20)26)28(3)25(33)29(23(21)32)15-9-12-18-10-5-4-6-11-18/h4-14H,15H2,1-3H3. The molecule has 0 spiro atoms. The number of hydrogen-bond acceptors (Lipinski definition) is 3. The number of imidazole rings is 2. The first-order valence-electron chi connectivity index (χ1n) is 10.6. The van der Waals surface area contributed by atoms with Crippen LogP contribution in [0, 0.1) is 19.7 Å². The Morgan fingerprint density at radius 2 is 1.67 bits per heavy atom. The van der Waals surface area contributed by atoms with Gasteiger partial charge in [0.1, 0.15) is 5.82 Å². The van der Waals surface area contributed by atoms with Gasteiger partial charge in [-0.25, -0.2) is 9.18 Å². The van der Waals surface area contributed by atoms with Crippen molar-refractivity contribution in [2.75, 3.05) is 0 Å². The van der Waals surface area contributed by atoms with Crippen LogP contribution in [0.5, 0.6) is 0 Å². The minimum Gasteiger partial charge on any atom is -0.280 e. The molecule has 7 nitrogen and oxygen atoms in total. The Balaban J connectivity index is 1.75. The van der Waals surface area contributed by atoms with E-state index in [0.717, 1.165) is 17.0 Å². The summed E-state index contributed by atoms with van der Waals surface area (Å²) in [7, 11) is 1.59. The Morgan fingerprint density at radius 1 is 0.970 bits per heavy atom. The van der Waals surface area contributed by atoms with Gasteiger partial charge in [-0.2, -0.15) is 4.98 Å². The molecule has 8 heteroatoms. The zero-order valence-corrected chi connectivity index (χ0v) is 18.5. The fourth-order valence-corrected chi connectivity index (χ4v) is 4.19. The van der Waals surface area contributed by atoms with Gasteiger partial charge in [-0.1, -0.05) is 54.6 Å². The third-order valence-corrected chi connectivity index (χ3v) is 6.01. The van der Waals surface area contributed by atoms with E-state index in [-0.39, 0.29) is 17.7 Å². The van der Waals surface area contributed by atoms with Crippen LogP contribution in [0.4, 0.5) is 4.39 Å². The lowest BCUT2D eigenvalue weighted by atomic mass is 10.2. The van der Waals surface area contributed by atoms with Gasteiger partial charge >= 0.3 is 5.69 Å². The fourth-order valence-electron chi connectivity index (χ4n) is 4.19. The van der Waals surface area contributed by atoms with Crippen LogP contribution in [0.1, 0.15) is 17.0 Å². The average molecular weight is 443 g/mol. The summed E-state index contributed by atoms with van der Waals surface area (Å²) in [5, 5.41) is 0. The number of rotatable bonds is 4. The van der Waals surface area contributed by atoms with E-state index in [1.165, 1.54) is 15.2 Å². The van der Waals surface area contributed by atoms with E-state index in [1.54, 1.807) is 40.3 Å². The smallest absolute Gasteiger partial charge is 0.280 e. The van der Waals surface area contributed by atoms with Crippen molar-refractivity contribution in [2.45, 2.75) is 20.4 Å². The molecule has 0 fully saturated rings. The van der Waals surface area contributed by atoms with Gasteiger partial charge in [0.05, 0.1) is 5.69 Å². The summed E-state index contributed by atoms with van der Waals surface area (Å²) < 4.78 is 20.6. The quantitative estimate of drug-likeness (QED) is 0.426. The summed E-state index contributed by atoms with van der Waals surface area (Å²) in [5.41, 5.74) is 2.46. The number of halogens is 1. The second-order valence-electron chi connectivity index (χ2n) is 7.95. The molecule has 33 heavy (non-hydrogen) atoms. The van der Waals surface area contributed by atoms with Crippen molar-refractivity contribution in [2.24, 2.45) is 7.05 Å². The second-order valence-corrected chi connectivity index (χ2v) is 7.95. The summed E-state index contributed by atoms with van der Waals surface area (Å²) in [5.74, 6) is -0.0164. The van der Waals surface area contributed by atoms with Gasteiger partial charge in [-0.05, 0) is 31.5 Å². The Kier molecular flexibility index (Phi) is 4.85. The molecular weight excluding hydrogens is 421 g/mol. The summed E-state index contributed by atoms with van der Waals surface area (Å²) in [6.07, 6.45) is 3.65. The highest BCUT2D eigenvalue weighted by molar-refractivity contribution is 5.77. The van der Waals surface area contributed by atoms with Gasteiger partial charge in [-0.15, -0.1) is 0 Å². The van der Waals surface area contributed by atoms with Crippen molar-refractivity contribution in [1.29, 1.82) is 0 Å². The first-order chi connectivity index (χ1) is 15.9. The maximum atomic E-state index is 14.6. The topological polar surface area (TPSA) is 66.2 Å². The summed E-state index contributed by atoms with van der Waals surface area (Å²) in [6.45, 7) is 3.83. The maximum absolute atomic E-state index is 14.6. The molecule has 0 atom stereocenters. The Bertz CT molecular complexity index is 1670. The number of aryl methyl sites for hydroxylation is 2. The number of fused-ring (bicyclic) bond motifs is 3. The molecule has 0 aliphatic heterocycles. The molecule has 0 amide bonds. The molecule has 0 aliphatic rings. The summed E-state index contributed by atoms with van der Waals surface area (Å²) in [6, 6.07) is 16.1. The van der Waals surface area contributed by atoms with Gasteiger partial charge in [0.25, 0.3) is 5.56 Å². The van der Waals surface area contributed by atoms with Crippen LogP contribution in [0.15, 0.2) is 70.3 Å². The molecule has 0 saturated heterocycles. The predicted octanol–water partition coefficient (Wildman–Crippen LogP) is 3.61. The minimum absolute atomic E-state index is 0.121. The largest absolute Gasteiger partial charge is 0.332 e. The molecule has 0 saturated carbocycles. The zero-order valence-electron chi connectivity index (χ0n) is 18.5. The van der Waals surface area contributed by atoms with E-state index in [2.05, 4.69) is 4.98 Å². The second kappa shape index (κ2) is 7.74. The van der Waals surface area contributed by atoms with E-state index in [1.807, 2.05) is 50.3 Å². The monoisotopic (exact) mass is 443 g/mol. The number of benzene rings is 2. The molecule has 0 bridgehead atoms. The van der Waals surface area contributed by atoms with Crippen molar-refractivity contribution >= 4 is 23.0 Å². The van der Waals surface area contributed by atoms with Crippen LogP contribution in [0.3, 0.4) is 0 Å². The minimum atomic E-state index is -0.460. The molecule has 3 heterocycles. The van der Waals surface area contributed by atoms with Crippen LogP contribution in [-0.4, -0.2) is 23.1 Å². The van der Waals surface area contributed by atoms with Crippen molar-refractivity contribution in [1.82, 2.24) is 23.1 Å². The lowest BCUT2D eigenvalue weighted by Crippen LogP contribution is -2.39. The SMILES string of the molecule is Cc1c(C)n2c3c(=O)n(CC=Cc4ccccc4)c(=O)n(C)c3nc2n1-c1ccccc1F. The Hall–Kier alpha value is -4.20. The molecule has 0 aliphatic carbocycles. The van der Waals surface area contributed by atoms with E-state index in [4.69, 9.17) is 0 Å². The first kappa shape index (κ1) is 20.7. The van der Waals surface area contributed by atoms with Crippen LogP contribution in [0.2, 0.25) is 0 Å². The molecule has 2 aromatic carbocycles. The zero-order chi connectivity index (χ0) is 23.3. The molecule has 5 aromatic rings. The number of aromatic nitrogens is 5. The fraction of sp³-hybridized carbons (Fsp3) is 0.160. The Labute approximate surface area is 188 Å². The van der Waals surface area contributed by atoms with Crippen molar-refractivity contribution in [3.8, 4) is 5.69 Å². The average Bonchev–Trinajstić information content (AvgIpc) is 3.31. The highest BCUT2D eigenvalue weighted by atomic mass is 19.1. The molecule has 0 radical (unpaired) electrons. The van der Waals surface area contributed by atoms with Gasteiger partial charge in [-0.3, -0.25) is 22.9 Å². The molecular formula is C25H22FN5O2. The van der Waals surface area contributed by atoms with E-state index >= 15 is 0 Å². The maximum Gasteiger partial charge on any atom is 0.332 e. The van der Waals surface area contributed by atoms with Crippen molar-refractivity contribution < 1.29 is 4.39 Å². The van der Waals surface area contributed by atoms with E-state index in [0.29, 0.717) is 11.5 Å². The van der Waals surface area contributed by atoms with Gasteiger partial charge < -0.3 is 0 Å². The Morgan fingerprint density at radius 3 is 2.39 bits per heavy atom. The third kappa shape index (κ3) is 3.14. The van der Waals surface area contributed by atoms with Crippen LogP contribution in [-0.2, 0) is 13.6 Å². The lowest BCUT2D eigenvalue weighted by molar-refractivity contribution is 0.618. The van der Waals surface area contributed by atoms with Crippen molar-refractivity contribution in [3.63, 3.8) is 0 Å². The number of hydrogen-bond donors (Lipinski definition) is 0. The number of nitrogens with zero attached hydrogens (tertiary/aromatic N) is 5. The van der Waals surface area contributed by atoms with E-state index < -0.39 is 17.1 Å². The van der Waals surface area contributed by atoms with Gasteiger partial charge in [0.15, 0.2) is 11.2 Å². The van der Waals surface area contributed by atoms with Crippen LogP contribution in [0.25, 0.3) is 28.7 Å². The normalized spacial score (nSPS) is 11.9. The lowest BCUT2D eigenvalue weighted by Gasteiger charge is -2.08. The highest BCUT2D eigenvalue weighted by Gasteiger charge is 2.23. The molecule has 0 N–H and O–H groups in total. The van der Waals surface area contributed by atoms with E-state index in [9.17, 15) is 14.0 Å². The molecule has 5 rings (SSSR count). The predicted molar refractivity (Wildman–Crippen MR) is 126 cm³/mol. The van der Waals surface area contributed by atoms with Crippen LogP contribution >= 0.6 is 0 Å². The molecule has 3 aromatic heterocycles. The van der Waals surface area contributed by atoms with Crippen LogP contribution < -0.4 is 11.2 Å². The third-order valence-electron chi connectivity index (χ3n) is 6.01. The summed E-state index contributed by atoms with van der Waals surface area (Å²) >= 11 is 0. The highest BCUT2D eigenvalue weighted by Crippen LogP contribution is 2.25. The number of allylic oxidation sites excluding steroid dienone is 1. The van der Waals surface area contributed by atoms with Gasteiger partial charge in [0.2, 0.25) is 5.78 Å².